The first kappa shape index (κ1) is 14.7. The van der Waals surface area contributed by atoms with Crippen molar-refractivity contribution >= 4 is 0 Å². The number of halogens is 1. The quantitative estimate of drug-likeness (QED) is 0.911. The van der Waals surface area contributed by atoms with Crippen molar-refractivity contribution in [1.82, 2.24) is 9.78 Å². The SMILES string of the molecule is CCc1cc(CC(O)(CC)c2ccccc2F)n(C)n1. The molecule has 0 fully saturated rings. The summed E-state index contributed by atoms with van der Waals surface area (Å²) in [4.78, 5) is 0. The number of aromatic nitrogens is 2. The van der Waals surface area contributed by atoms with E-state index in [-0.39, 0.29) is 5.82 Å². The van der Waals surface area contributed by atoms with Crippen LogP contribution >= 0.6 is 0 Å². The van der Waals surface area contributed by atoms with Gasteiger partial charge in [-0.15, -0.1) is 0 Å². The minimum atomic E-state index is -1.20. The summed E-state index contributed by atoms with van der Waals surface area (Å²) in [6.45, 7) is 3.90. The molecule has 2 rings (SSSR count). The van der Waals surface area contributed by atoms with Gasteiger partial charge in [0.2, 0.25) is 0 Å². The monoisotopic (exact) mass is 276 g/mol. The largest absolute Gasteiger partial charge is 0.385 e. The van der Waals surface area contributed by atoms with Gasteiger partial charge in [-0.05, 0) is 25.0 Å². The maximum Gasteiger partial charge on any atom is 0.129 e. The fourth-order valence-corrected chi connectivity index (χ4v) is 2.46. The molecule has 0 saturated heterocycles. The minimum Gasteiger partial charge on any atom is -0.385 e. The van der Waals surface area contributed by atoms with Crippen LogP contribution in [0.25, 0.3) is 0 Å². The minimum absolute atomic E-state index is 0.349. The summed E-state index contributed by atoms with van der Waals surface area (Å²) in [6.07, 6.45) is 1.65. The second kappa shape index (κ2) is 5.75. The molecule has 0 aliphatic rings. The first-order valence-electron chi connectivity index (χ1n) is 6.99. The van der Waals surface area contributed by atoms with Gasteiger partial charge in [0.15, 0.2) is 0 Å². The van der Waals surface area contributed by atoms with Gasteiger partial charge >= 0.3 is 0 Å². The summed E-state index contributed by atoms with van der Waals surface area (Å²) in [6, 6.07) is 8.39. The Bertz CT molecular complexity index is 594. The van der Waals surface area contributed by atoms with Crippen LogP contribution in [0.5, 0.6) is 0 Å². The highest BCUT2D eigenvalue weighted by Gasteiger charge is 2.31. The Morgan fingerprint density at radius 3 is 2.55 bits per heavy atom. The van der Waals surface area contributed by atoms with Crippen molar-refractivity contribution in [2.24, 2.45) is 7.05 Å². The highest BCUT2D eigenvalue weighted by molar-refractivity contribution is 5.27. The van der Waals surface area contributed by atoms with E-state index in [0.29, 0.717) is 18.4 Å². The Morgan fingerprint density at radius 2 is 2.00 bits per heavy atom. The molecule has 0 spiro atoms. The van der Waals surface area contributed by atoms with E-state index in [1.54, 1.807) is 22.9 Å². The van der Waals surface area contributed by atoms with E-state index in [4.69, 9.17) is 0 Å². The molecule has 20 heavy (non-hydrogen) atoms. The van der Waals surface area contributed by atoms with Gasteiger partial charge in [-0.2, -0.15) is 5.10 Å². The van der Waals surface area contributed by atoms with Crippen molar-refractivity contribution in [3.63, 3.8) is 0 Å². The topological polar surface area (TPSA) is 38.0 Å². The third-order valence-electron chi connectivity index (χ3n) is 3.82. The highest BCUT2D eigenvalue weighted by Crippen LogP contribution is 2.31. The lowest BCUT2D eigenvalue weighted by Crippen LogP contribution is -2.29. The third-order valence-corrected chi connectivity index (χ3v) is 3.82. The van der Waals surface area contributed by atoms with Crippen molar-refractivity contribution in [1.29, 1.82) is 0 Å². The van der Waals surface area contributed by atoms with Gasteiger partial charge in [0, 0.05) is 24.7 Å². The number of aliphatic hydroxyl groups is 1. The second-order valence-corrected chi connectivity index (χ2v) is 5.15. The molecular formula is C16H21FN2O. The summed E-state index contributed by atoms with van der Waals surface area (Å²) < 4.78 is 15.7. The molecule has 108 valence electrons. The first-order valence-corrected chi connectivity index (χ1v) is 6.99. The molecule has 1 N–H and O–H groups in total. The molecule has 0 saturated carbocycles. The van der Waals surface area contributed by atoms with Crippen LogP contribution in [0.15, 0.2) is 30.3 Å². The smallest absolute Gasteiger partial charge is 0.129 e. The zero-order chi connectivity index (χ0) is 14.8. The molecule has 1 heterocycles. The van der Waals surface area contributed by atoms with Crippen LogP contribution < -0.4 is 0 Å². The van der Waals surface area contributed by atoms with Crippen LogP contribution in [-0.4, -0.2) is 14.9 Å². The first-order chi connectivity index (χ1) is 9.50. The molecule has 2 aromatic rings. The number of nitrogens with zero attached hydrogens (tertiary/aromatic N) is 2. The van der Waals surface area contributed by atoms with Crippen LogP contribution in [0.1, 0.15) is 37.2 Å². The van der Waals surface area contributed by atoms with E-state index >= 15 is 0 Å². The van der Waals surface area contributed by atoms with Crippen LogP contribution in [0, 0.1) is 5.82 Å². The van der Waals surface area contributed by atoms with Gasteiger partial charge in [-0.1, -0.05) is 32.0 Å². The Kier molecular flexibility index (Phi) is 4.23. The number of rotatable bonds is 5. The summed E-state index contributed by atoms with van der Waals surface area (Å²) in [7, 11) is 1.85. The predicted molar refractivity (Wildman–Crippen MR) is 76.9 cm³/mol. The van der Waals surface area contributed by atoms with Crippen molar-refractivity contribution < 1.29 is 9.50 Å². The van der Waals surface area contributed by atoms with Crippen molar-refractivity contribution in [3.05, 3.63) is 53.1 Å². The Labute approximate surface area is 119 Å². The molecule has 0 aliphatic heterocycles. The average molecular weight is 276 g/mol. The zero-order valence-corrected chi connectivity index (χ0v) is 12.2. The lowest BCUT2D eigenvalue weighted by Gasteiger charge is -2.27. The molecule has 0 bridgehead atoms. The van der Waals surface area contributed by atoms with Gasteiger partial charge in [-0.25, -0.2) is 4.39 Å². The summed E-state index contributed by atoms with van der Waals surface area (Å²) in [5.74, 6) is -0.366. The van der Waals surface area contributed by atoms with Gasteiger partial charge in [0.05, 0.1) is 11.3 Å². The third kappa shape index (κ3) is 2.75. The fourth-order valence-electron chi connectivity index (χ4n) is 2.46. The van der Waals surface area contributed by atoms with Crippen LogP contribution in [0.3, 0.4) is 0 Å². The molecule has 1 unspecified atom stereocenters. The zero-order valence-electron chi connectivity index (χ0n) is 12.2. The van der Waals surface area contributed by atoms with E-state index in [1.807, 2.05) is 27.0 Å². The summed E-state index contributed by atoms with van der Waals surface area (Å²) >= 11 is 0. The fraction of sp³-hybridized carbons (Fsp3) is 0.438. The average Bonchev–Trinajstić information content (AvgIpc) is 2.79. The lowest BCUT2D eigenvalue weighted by molar-refractivity contribution is 0.0273. The van der Waals surface area contributed by atoms with Crippen molar-refractivity contribution in [2.45, 2.75) is 38.7 Å². The summed E-state index contributed by atoms with van der Waals surface area (Å²) in [5.41, 5.74) is 1.04. The van der Waals surface area contributed by atoms with Crippen LogP contribution in [0.4, 0.5) is 4.39 Å². The van der Waals surface area contributed by atoms with Gasteiger partial charge in [-0.3, -0.25) is 4.68 Å². The van der Waals surface area contributed by atoms with Gasteiger partial charge in [0.25, 0.3) is 0 Å². The molecule has 1 aromatic heterocycles. The predicted octanol–water partition coefficient (Wildman–Crippen LogP) is 2.96. The number of hydrogen-bond donors (Lipinski definition) is 1. The van der Waals surface area contributed by atoms with Gasteiger partial charge < -0.3 is 5.11 Å². The maximum absolute atomic E-state index is 14.0. The number of benzene rings is 1. The van der Waals surface area contributed by atoms with E-state index < -0.39 is 5.60 Å². The molecule has 3 nitrogen and oxygen atoms in total. The Hall–Kier alpha value is -1.68. The molecule has 0 amide bonds. The van der Waals surface area contributed by atoms with Crippen LogP contribution in [-0.2, 0) is 25.5 Å². The second-order valence-electron chi connectivity index (χ2n) is 5.15. The van der Waals surface area contributed by atoms with Crippen molar-refractivity contribution in [2.75, 3.05) is 0 Å². The number of aryl methyl sites for hydroxylation is 2. The lowest BCUT2D eigenvalue weighted by atomic mass is 9.86. The van der Waals surface area contributed by atoms with E-state index in [1.165, 1.54) is 6.07 Å². The van der Waals surface area contributed by atoms with Crippen LogP contribution in [0.2, 0.25) is 0 Å². The van der Waals surface area contributed by atoms with Gasteiger partial charge in [0.1, 0.15) is 5.82 Å². The molecule has 0 radical (unpaired) electrons. The molecule has 4 heteroatoms. The normalized spacial score (nSPS) is 14.2. The number of hydrogen-bond acceptors (Lipinski definition) is 2. The molecule has 0 aliphatic carbocycles. The van der Waals surface area contributed by atoms with Crippen molar-refractivity contribution in [3.8, 4) is 0 Å². The van der Waals surface area contributed by atoms with E-state index in [0.717, 1.165) is 17.8 Å². The Balaban J connectivity index is 2.36. The Morgan fingerprint density at radius 1 is 1.30 bits per heavy atom. The highest BCUT2D eigenvalue weighted by atomic mass is 19.1. The van der Waals surface area contributed by atoms with E-state index in [9.17, 15) is 9.50 Å². The van der Waals surface area contributed by atoms with E-state index in [2.05, 4.69) is 5.10 Å². The summed E-state index contributed by atoms with van der Waals surface area (Å²) in [5, 5.41) is 15.2. The molecule has 1 aromatic carbocycles. The molecular weight excluding hydrogens is 255 g/mol. The molecule has 1 atom stereocenters. The maximum atomic E-state index is 14.0. The standard InChI is InChI=1S/C16H21FN2O/c1-4-12-10-13(19(3)18-12)11-16(20,5-2)14-8-6-7-9-15(14)17/h6-10,20H,4-5,11H2,1-3H3.